The summed E-state index contributed by atoms with van der Waals surface area (Å²) in [5.74, 6) is 0.0939. The molecule has 1 saturated heterocycles. The van der Waals surface area contributed by atoms with Gasteiger partial charge in [0.1, 0.15) is 0 Å². The second kappa shape index (κ2) is 5.20. The van der Waals surface area contributed by atoms with Crippen LogP contribution in [-0.4, -0.2) is 34.3 Å². The third-order valence-electron chi connectivity index (χ3n) is 3.67. The van der Waals surface area contributed by atoms with Crippen molar-refractivity contribution in [3.05, 3.63) is 17.5 Å². The van der Waals surface area contributed by atoms with Crippen LogP contribution in [0.25, 0.3) is 0 Å². The van der Waals surface area contributed by atoms with E-state index in [-0.39, 0.29) is 5.78 Å². The van der Waals surface area contributed by atoms with E-state index in [2.05, 4.69) is 12.0 Å². The maximum atomic E-state index is 12.3. The number of hydrogen-bond acceptors (Lipinski definition) is 4. The maximum absolute atomic E-state index is 12.3. The summed E-state index contributed by atoms with van der Waals surface area (Å²) < 4.78 is 7.04. The standard InChI is InChI=1S/C13H21N3O2/c1-3-10-8-11(16(2)15-10)9-12(17)13(14)4-6-18-7-5-13/h8H,3-7,9,14H2,1-2H3. The molecule has 2 rings (SSSR count). The van der Waals surface area contributed by atoms with Crippen molar-refractivity contribution in [3.63, 3.8) is 0 Å². The van der Waals surface area contributed by atoms with E-state index < -0.39 is 5.54 Å². The van der Waals surface area contributed by atoms with Gasteiger partial charge in [0.25, 0.3) is 0 Å². The first-order chi connectivity index (χ1) is 8.55. The number of nitrogens with zero attached hydrogens (tertiary/aromatic N) is 2. The minimum absolute atomic E-state index is 0.0939. The summed E-state index contributed by atoms with van der Waals surface area (Å²) in [5, 5.41) is 4.35. The highest BCUT2D eigenvalue weighted by atomic mass is 16.5. The summed E-state index contributed by atoms with van der Waals surface area (Å²) in [6, 6.07) is 1.99. The Hall–Kier alpha value is -1.20. The number of aryl methyl sites for hydroxylation is 2. The second-order valence-corrected chi connectivity index (χ2v) is 4.97. The van der Waals surface area contributed by atoms with Crippen LogP contribution >= 0.6 is 0 Å². The average Bonchev–Trinajstić information content (AvgIpc) is 2.71. The SMILES string of the molecule is CCc1cc(CC(=O)C2(N)CCOCC2)n(C)n1. The van der Waals surface area contributed by atoms with Crippen LogP contribution in [0, 0.1) is 0 Å². The summed E-state index contributed by atoms with van der Waals surface area (Å²) >= 11 is 0. The number of ketones is 1. The predicted octanol–water partition coefficient (Wildman–Crippen LogP) is 0.602. The highest BCUT2D eigenvalue weighted by Gasteiger charge is 2.35. The summed E-state index contributed by atoms with van der Waals surface area (Å²) in [4.78, 5) is 12.3. The smallest absolute Gasteiger partial charge is 0.158 e. The van der Waals surface area contributed by atoms with E-state index >= 15 is 0 Å². The summed E-state index contributed by atoms with van der Waals surface area (Å²) in [7, 11) is 1.87. The van der Waals surface area contributed by atoms with Crippen molar-refractivity contribution in [1.82, 2.24) is 9.78 Å². The quantitative estimate of drug-likeness (QED) is 0.851. The normalized spacial score (nSPS) is 18.8. The fourth-order valence-electron chi connectivity index (χ4n) is 2.26. The maximum Gasteiger partial charge on any atom is 0.158 e. The van der Waals surface area contributed by atoms with Gasteiger partial charge in [0.2, 0.25) is 0 Å². The summed E-state index contributed by atoms with van der Waals surface area (Å²) in [6.45, 7) is 3.21. The molecule has 1 fully saturated rings. The van der Waals surface area contributed by atoms with Gasteiger partial charge in [-0.2, -0.15) is 5.10 Å². The van der Waals surface area contributed by atoms with Crippen LogP contribution in [0.2, 0.25) is 0 Å². The Bertz CT molecular complexity index is 433. The number of Topliss-reactive ketones (excluding diaryl/α,β-unsaturated/α-hetero) is 1. The monoisotopic (exact) mass is 251 g/mol. The number of carbonyl (C=O) groups excluding carboxylic acids is 1. The van der Waals surface area contributed by atoms with Crippen molar-refractivity contribution in [2.75, 3.05) is 13.2 Å². The molecule has 5 nitrogen and oxygen atoms in total. The second-order valence-electron chi connectivity index (χ2n) is 4.97. The van der Waals surface area contributed by atoms with Gasteiger partial charge in [-0.15, -0.1) is 0 Å². The zero-order chi connectivity index (χ0) is 13.2. The number of nitrogens with two attached hydrogens (primary N) is 1. The van der Waals surface area contributed by atoms with Gasteiger partial charge in [0, 0.05) is 26.0 Å². The first kappa shape index (κ1) is 13.2. The van der Waals surface area contributed by atoms with Crippen molar-refractivity contribution in [2.24, 2.45) is 12.8 Å². The van der Waals surface area contributed by atoms with E-state index in [1.807, 2.05) is 13.1 Å². The van der Waals surface area contributed by atoms with Crippen molar-refractivity contribution in [1.29, 1.82) is 0 Å². The first-order valence-electron chi connectivity index (χ1n) is 6.47. The van der Waals surface area contributed by atoms with Crippen LogP contribution < -0.4 is 5.73 Å². The Labute approximate surface area is 107 Å². The molecule has 2 N–H and O–H groups in total. The van der Waals surface area contributed by atoms with Gasteiger partial charge in [0.15, 0.2) is 5.78 Å². The van der Waals surface area contributed by atoms with Gasteiger partial charge >= 0.3 is 0 Å². The molecule has 0 spiro atoms. The molecule has 0 aromatic carbocycles. The van der Waals surface area contributed by atoms with E-state index in [4.69, 9.17) is 10.5 Å². The first-order valence-corrected chi connectivity index (χ1v) is 6.47. The Morgan fingerprint density at radius 1 is 1.56 bits per heavy atom. The number of hydrogen-bond donors (Lipinski definition) is 1. The largest absolute Gasteiger partial charge is 0.381 e. The summed E-state index contributed by atoms with van der Waals surface area (Å²) in [5.41, 5.74) is 7.42. The van der Waals surface area contributed by atoms with Gasteiger partial charge in [-0.25, -0.2) is 0 Å². The van der Waals surface area contributed by atoms with Crippen LogP contribution in [0.15, 0.2) is 6.07 Å². The van der Waals surface area contributed by atoms with E-state index in [1.54, 1.807) is 4.68 Å². The van der Waals surface area contributed by atoms with Crippen molar-refractivity contribution >= 4 is 5.78 Å². The minimum atomic E-state index is -0.713. The molecule has 1 aliphatic rings. The zero-order valence-electron chi connectivity index (χ0n) is 11.1. The Morgan fingerprint density at radius 3 is 2.78 bits per heavy atom. The topological polar surface area (TPSA) is 70.1 Å². The highest BCUT2D eigenvalue weighted by molar-refractivity contribution is 5.89. The van der Waals surface area contributed by atoms with E-state index in [0.29, 0.717) is 32.5 Å². The minimum Gasteiger partial charge on any atom is -0.381 e. The Balaban J connectivity index is 2.08. The molecule has 18 heavy (non-hydrogen) atoms. The Kier molecular flexibility index (Phi) is 3.82. The predicted molar refractivity (Wildman–Crippen MR) is 68.3 cm³/mol. The van der Waals surface area contributed by atoms with E-state index in [0.717, 1.165) is 17.8 Å². The lowest BCUT2D eigenvalue weighted by Gasteiger charge is -2.31. The molecule has 0 amide bonds. The van der Waals surface area contributed by atoms with E-state index in [1.165, 1.54) is 0 Å². The van der Waals surface area contributed by atoms with Crippen LogP contribution in [0.5, 0.6) is 0 Å². The number of carbonyl (C=O) groups is 1. The lowest BCUT2D eigenvalue weighted by Crippen LogP contribution is -2.52. The molecule has 0 saturated carbocycles. The molecule has 1 aromatic rings. The van der Waals surface area contributed by atoms with Gasteiger partial charge in [0.05, 0.1) is 17.7 Å². The van der Waals surface area contributed by atoms with Crippen molar-refractivity contribution in [3.8, 4) is 0 Å². The van der Waals surface area contributed by atoms with Gasteiger partial charge in [-0.05, 0) is 25.3 Å². The third-order valence-corrected chi connectivity index (χ3v) is 3.67. The third kappa shape index (κ3) is 2.62. The van der Waals surface area contributed by atoms with Crippen LogP contribution in [0.4, 0.5) is 0 Å². The molecule has 0 radical (unpaired) electrons. The van der Waals surface area contributed by atoms with Crippen LogP contribution in [-0.2, 0) is 29.4 Å². The number of ether oxygens (including phenoxy) is 1. The van der Waals surface area contributed by atoms with Gasteiger partial charge < -0.3 is 10.5 Å². The summed E-state index contributed by atoms with van der Waals surface area (Å²) in [6.07, 6.45) is 2.47. The molecule has 0 atom stereocenters. The molecule has 1 aliphatic heterocycles. The molecule has 5 heteroatoms. The molecule has 100 valence electrons. The zero-order valence-corrected chi connectivity index (χ0v) is 11.1. The van der Waals surface area contributed by atoms with Crippen molar-refractivity contribution < 1.29 is 9.53 Å². The molecular formula is C13H21N3O2. The van der Waals surface area contributed by atoms with Crippen LogP contribution in [0.3, 0.4) is 0 Å². The lowest BCUT2D eigenvalue weighted by atomic mass is 9.85. The Morgan fingerprint density at radius 2 is 2.22 bits per heavy atom. The van der Waals surface area contributed by atoms with Crippen LogP contribution in [0.1, 0.15) is 31.2 Å². The highest BCUT2D eigenvalue weighted by Crippen LogP contribution is 2.21. The molecule has 2 heterocycles. The molecule has 0 bridgehead atoms. The molecular weight excluding hydrogens is 230 g/mol. The molecule has 1 aromatic heterocycles. The van der Waals surface area contributed by atoms with Gasteiger partial charge in [-0.1, -0.05) is 6.92 Å². The molecule has 0 aliphatic carbocycles. The van der Waals surface area contributed by atoms with Gasteiger partial charge in [-0.3, -0.25) is 9.48 Å². The number of rotatable bonds is 4. The fourth-order valence-corrected chi connectivity index (χ4v) is 2.26. The van der Waals surface area contributed by atoms with Crippen molar-refractivity contribution in [2.45, 2.75) is 38.1 Å². The fraction of sp³-hybridized carbons (Fsp3) is 0.692. The van der Waals surface area contributed by atoms with E-state index in [9.17, 15) is 4.79 Å². The number of aromatic nitrogens is 2. The lowest BCUT2D eigenvalue weighted by molar-refractivity contribution is -0.127. The molecule has 0 unspecified atom stereocenters. The average molecular weight is 251 g/mol.